The highest BCUT2D eigenvalue weighted by Gasteiger charge is 2.19. The average Bonchev–Trinajstić information content (AvgIpc) is 3.11. The Kier molecular flexibility index (Phi) is 5.38. The van der Waals surface area contributed by atoms with Gasteiger partial charge in [0.1, 0.15) is 5.75 Å². The number of amides is 1. The van der Waals surface area contributed by atoms with E-state index in [9.17, 15) is 4.79 Å². The smallest absolute Gasteiger partial charge is 0.272 e. The largest absolute Gasteiger partial charge is 0.495 e. The van der Waals surface area contributed by atoms with Crippen LogP contribution in [0.1, 0.15) is 41.7 Å². The number of carbonyl (C=O) groups is 1. The lowest BCUT2D eigenvalue weighted by Gasteiger charge is -2.13. The van der Waals surface area contributed by atoms with Crippen molar-refractivity contribution in [2.24, 2.45) is 0 Å². The Morgan fingerprint density at radius 3 is 2.64 bits per heavy atom. The Hall–Kier alpha value is -2.34. The zero-order chi connectivity index (χ0) is 17.8. The van der Waals surface area contributed by atoms with Crippen LogP contribution < -0.4 is 15.4 Å². The van der Waals surface area contributed by atoms with Gasteiger partial charge in [0.05, 0.1) is 12.8 Å². The molecule has 1 aromatic heterocycles. The van der Waals surface area contributed by atoms with Gasteiger partial charge in [0, 0.05) is 17.1 Å². The van der Waals surface area contributed by atoms with Crippen molar-refractivity contribution in [2.75, 3.05) is 12.4 Å². The maximum atomic E-state index is 12.2. The van der Waals surface area contributed by atoms with Crippen LogP contribution in [0.25, 0.3) is 0 Å². The van der Waals surface area contributed by atoms with Crippen molar-refractivity contribution in [3.63, 3.8) is 0 Å². The molecule has 0 aliphatic heterocycles. The summed E-state index contributed by atoms with van der Waals surface area (Å²) in [5.74, 6) is 0.962. The van der Waals surface area contributed by atoms with E-state index < -0.39 is 0 Å². The molecule has 0 unspecified atom stereocenters. The van der Waals surface area contributed by atoms with E-state index in [0.29, 0.717) is 22.3 Å². The number of benzene rings is 1. The Morgan fingerprint density at radius 2 is 2.00 bits per heavy atom. The van der Waals surface area contributed by atoms with Gasteiger partial charge in [-0.2, -0.15) is 0 Å². The molecule has 1 amide bonds. The summed E-state index contributed by atoms with van der Waals surface area (Å²) in [5.41, 5.74) is 1.98. The van der Waals surface area contributed by atoms with E-state index in [-0.39, 0.29) is 11.9 Å². The van der Waals surface area contributed by atoms with Crippen LogP contribution in [0, 0.1) is 6.92 Å². The Bertz CT molecular complexity index is 758. The molecule has 0 radical (unpaired) electrons. The monoisotopic (exact) mass is 360 g/mol. The van der Waals surface area contributed by atoms with E-state index in [1.54, 1.807) is 25.3 Å². The number of anilines is 2. The molecular weight excluding hydrogens is 340 g/mol. The zero-order valence-electron chi connectivity index (χ0n) is 14.3. The molecule has 1 aromatic carbocycles. The number of nitrogens with one attached hydrogen (secondary N) is 2. The summed E-state index contributed by atoms with van der Waals surface area (Å²) >= 11 is 6.11. The molecule has 3 rings (SSSR count). The number of hydrogen-bond acceptors (Lipinski definition) is 5. The minimum absolute atomic E-state index is 0.175. The third-order valence-corrected chi connectivity index (χ3v) is 4.74. The predicted molar refractivity (Wildman–Crippen MR) is 97.8 cm³/mol. The SMILES string of the molecule is COc1cc(Cl)c(C)cc1Nc1ccc(C(=O)NC2CCCC2)nn1. The van der Waals surface area contributed by atoms with E-state index in [1.807, 2.05) is 13.0 Å². The minimum atomic E-state index is -0.175. The van der Waals surface area contributed by atoms with Gasteiger partial charge in [-0.15, -0.1) is 10.2 Å². The zero-order valence-corrected chi connectivity index (χ0v) is 15.1. The van der Waals surface area contributed by atoms with E-state index in [0.717, 1.165) is 24.1 Å². The average molecular weight is 361 g/mol. The summed E-state index contributed by atoms with van der Waals surface area (Å²) < 4.78 is 5.33. The number of methoxy groups -OCH3 is 1. The molecule has 6 nitrogen and oxygen atoms in total. The molecule has 132 valence electrons. The molecule has 0 spiro atoms. The highest BCUT2D eigenvalue weighted by Crippen LogP contribution is 2.32. The predicted octanol–water partition coefficient (Wildman–Crippen LogP) is 3.86. The van der Waals surface area contributed by atoms with Crippen molar-refractivity contribution in [1.82, 2.24) is 15.5 Å². The highest BCUT2D eigenvalue weighted by atomic mass is 35.5. The maximum absolute atomic E-state index is 12.2. The molecule has 7 heteroatoms. The Morgan fingerprint density at radius 1 is 1.24 bits per heavy atom. The van der Waals surface area contributed by atoms with E-state index >= 15 is 0 Å². The highest BCUT2D eigenvalue weighted by molar-refractivity contribution is 6.31. The van der Waals surface area contributed by atoms with Crippen LogP contribution in [0.15, 0.2) is 24.3 Å². The van der Waals surface area contributed by atoms with Gasteiger partial charge in [0.25, 0.3) is 5.91 Å². The van der Waals surface area contributed by atoms with Gasteiger partial charge < -0.3 is 15.4 Å². The lowest BCUT2D eigenvalue weighted by Crippen LogP contribution is -2.33. The van der Waals surface area contributed by atoms with Crippen LogP contribution in [0.2, 0.25) is 5.02 Å². The first-order chi connectivity index (χ1) is 12.1. The van der Waals surface area contributed by atoms with Gasteiger partial charge in [-0.3, -0.25) is 4.79 Å². The summed E-state index contributed by atoms with van der Waals surface area (Å²) in [6.45, 7) is 1.91. The van der Waals surface area contributed by atoms with Gasteiger partial charge in [-0.05, 0) is 43.5 Å². The summed E-state index contributed by atoms with van der Waals surface area (Å²) in [6, 6.07) is 7.27. The van der Waals surface area contributed by atoms with Gasteiger partial charge >= 0.3 is 0 Å². The van der Waals surface area contributed by atoms with Crippen molar-refractivity contribution in [3.8, 4) is 5.75 Å². The number of carbonyl (C=O) groups excluding carboxylic acids is 1. The third kappa shape index (κ3) is 4.20. The number of aryl methyl sites for hydroxylation is 1. The molecule has 1 aliphatic carbocycles. The van der Waals surface area contributed by atoms with Crippen molar-refractivity contribution in [2.45, 2.75) is 38.6 Å². The second kappa shape index (κ2) is 7.70. The minimum Gasteiger partial charge on any atom is -0.495 e. The van der Waals surface area contributed by atoms with Crippen LogP contribution in [0.4, 0.5) is 11.5 Å². The van der Waals surface area contributed by atoms with Crippen LogP contribution in [-0.2, 0) is 0 Å². The molecule has 1 saturated carbocycles. The van der Waals surface area contributed by atoms with Crippen LogP contribution >= 0.6 is 11.6 Å². The molecule has 1 aliphatic rings. The number of halogens is 1. The van der Waals surface area contributed by atoms with Crippen LogP contribution in [0.5, 0.6) is 5.75 Å². The van der Waals surface area contributed by atoms with Gasteiger partial charge in [-0.25, -0.2) is 0 Å². The summed E-state index contributed by atoms with van der Waals surface area (Å²) in [4.78, 5) is 12.2. The van der Waals surface area contributed by atoms with Gasteiger partial charge in [0.15, 0.2) is 11.5 Å². The first-order valence-electron chi connectivity index (χ1n) is 8.32. The van der Waals surface area contributed by atoms with Crippen molar-refractivity contribution >= 4 is 29.0 Å². The molecule has 1 heterocycles. The number of hydrogen-bond donors (Lipinski definition) is 2. The van der Waals surface area contributed by atoms with Crippen LogP contribution in [0.3, 0.4) is 0 Å². The molecule has 1 fully saturated rings. The second-order valence-electron chi connectivity index (χ2n) is 6.19. The summed E-state index contributed by atoms with van der Waals surface area (Å²) in [6.07, 6.45) is 4.41. The lowest BCUT2D eigenvalue weighted by atomic mass is 10.2. The molecule has 2 aromatic rings. The maximum Gasteiger partial charge on any atom is 0.272 e. The number of aromatic nitrogens is 2. The number of ether oxygens (including phenoxy) is 1. The second-order valence-corrected chi connectivity index (χ2v) is 6.59. The fourth-order valence-electron chi connectivity index (χ4n) is 2.92. The standard InChI is InChI=1S/C18H21ClN4O2/c1-11-9-15(16(25-2)10-13(11)19)21-17-8-7-14(22-23-17)18(24)20-12-5-3-4-6-12/h7-10,12H,3-6H2,1-2H3,(H,20,24)(H,21,23). The van der Waals surface area contributed by atoms with Crippen molar-refractivity contribution in [3.05, 3.63) is 40.5 Å². The molecule has 0 atom stereocenters. The normalized spacial score (nSPS) is 14.4. The number of rotatable bonds is 5. The quantitative estimate of drug-likeness (QED) is 0.846. The van der Waals surface area contributed by atoms with Gasteiger partial charge in [0.2, 0.25) is 0 Å². The topological polar surface area (TPSA) is 76.1 Å². The Balaban J connectivity index is 1.70. The molecule has 25 heavy (non-hydrogen) atoms. The lowest BCUT2D eigenvalue weighted by molar-refractivity contribution is 0.0932. The first kappa shape index (κ1) is 17.5. The van der Waals surface area contributed by atoms with Crippen molar-refractivity contribution in [1.29, 1.82) is 0 Å². The summed E-state index contributed by atoms with van der Waals surface area (Å²) in [7, 11) is 1.58. The van der Waals surface area contributed by atoms with Crippen LogP contribution in [-0.4, -0.2) is 29.3 Å². The molecule has 2 N–H and O–H groups in total. The van der Waals surface area contributed by atoms with Gasteiger partial charge in [-0.1, -0.05) is 24.4 Å². The van der Waals surface area contributed by atoms with E-state index in [2.05, 4.69) is 20.8 Å². The Labute approximate surface area is 151 Å². The van der Waals surface area contributed by atoms with E-state index in [4.69, 9.17) is 16.3 Å². The summed E-state index contributed by atoms with van der Waals surface area (Å²) in [5, 5.41) is 14.9. The fraction of sp³-hybridized carbons (Fsp3) is 0.389. The molecule has 0 bridgehead atoms. The first-order valence-corrected chi connectivity index (χ1v) is 8.70. The molecule has 0 saturated heterocycles. The number of nitrogens with zero attached hydrogens (tertiary/aromatic N) is 2. The van der Waals surface area contributed by atoms with Crippen molar-refractivity contribution < 1.29 is 9.53 Å². The third-order valence-electron chi connectivity index (χ3n) is 4.33. The van der Waals surface area contributed by atoms with E-state index in [1.165, 1.54) is 12.8 Å². The molecular formula is C18H21ClN4O2. The fourth-order valence-corrected chi connectivity index (χ4v) is 3.07.